The quantitative estimate of drug-likeness (QED) is 0.540. The molecule has 0 aromatic heterocycles. The van der Waals surface area contributed by atoms with Crippen molar-refractivity contribution in [3.8, 4) is 0 Å². The Labute approximate surface area is 192 Å². The summed E-state index contributed by atoms with van der Waals surface area (Å²) < 4.78 is 24.7. The summed E-state index contributed by atoms with van der Waals surface area (Å²) in [4.78, 5) is 4.69. The van der Waals surface area contributed by atoms with E-state index >= 15 is 0 Å². The number of rotatable bonds is 4. The van der Waals surface area contributed by atoms with Crippen molar-refractivity contribution in [2.75, 3.05) is 0 Å². The van der Waals surface area contributed by atoms with Gasteiger partial charge in [-0.1, -0.05) is 36.4 Å². The molecule has 2 heterocycles. The zero-order valence-corrected chi connectivity index (χ0v) is 20.4. The zero-order chi connectivity index (χ0) is 23.4. The SMILES string of the molecule is CC1(C)OB(c2cccc(C=Nc3cccc(B4OC(C)(C)C(C)(C)O4)c3)c2)OC1(C)C. The van der Waals surface area contributed by atoms with E-state index in [4.69, 9.17) is 18.6 Å². The van der Waals surface area contributed by atoms with Crippen LogP contribution in [0.3, 0.4) is 0 Å². The Morgan fingerprint density at radius 2 is 1.06 bits per heavy atom. The van der Waals surface area contributed by atoms with Gasteiger partial charge in [0.25, 0.3) is 0 Å². The second kappa shape index (κ2) is 7.84. The van der Waals surface area contributed by atoms with Gasteiger partial charge in [0.15, 0.2) is 0 Å². The van der Waals surface area contributed by atoms with Gasteiger partial charge in [-0.2, -0.15) is 0 Å². The van der Waals surface area contributed by atoms with Gasteiger partial charge in [-0.15, -0.1) is 0 Å². The van der Waals surface area contributed by atoms with Crippen molar-refractivity contribution >= 4 is 37.1 Å². The molecule has 168 valence electrons. The van der Waals surface area contributed by atoms with E-state index in [-0.39, 0.29) is 29.5 Å². The average molecular weight is 433 g/mol. The van der Waals surface area contributed by atoms with E-state index in [1.165, 1.54) is 0 Å². The molecular formula is C25H33B2NO4. The predicted molar refractivity (Wildman–Crippen MR) is 132 cm³/mol. The minimum atomic E-state index is -0.401. The van der Waals surface area contributed by atoms with Gasteiger partial charge >= 0.3 is 14.2 Å². The molecule has 2 aliphatic rings. The average Bonchev–Trinajstić information content (AvgIpc) is 3.06. The molecule has 2 fully saturated rings. The monoisotopic (exact) mass is 433 g/mol. The van der Waals surface area contributed by atoms with Crippen LogP contribution in [-0.4, -0.2) is 42.9 Å². The van der Waals surface area contributed by atoms with E-state index in [0.29, 0.717) is 0 Å². The van der Waals surface area contributed by atoms with E-state index in [0.717, 1.165) is 22.2 Å². The van der Waals surface area contributed by atoms with Crippen molar-refractivity contribution < 1.29 is 18.6 Å². The van der Waals surface area contributed by atoms with E-state index in [9.17, 15) is 0 Å². The Morgan fingerprint density at radius 3 is 1.56 bits per heavy atom. The topological polar surface area (TPSA) is 49.3 Å². The molecule has 7 heteroatoms. The summed E-state index contributed by atoms with van der Waals surface area (Å²) in [5.74, 6) is 0. The van der Waals surface area contributed by atoms with Crippen LogP contribution in [0, 0.1) is 0 Å². The van der Waals surface area contributed by atoms with Crippen molar-refractivity contribution in [1.82, 2.24) is 0 Å². The van der Waals surface area contributed by atoms with Crippen molar-refractivity contribution in [3.05, 3.63) is 54.1 Å². The Hall–Kier alpha value is -1.92. The molecule has 0 spiro atoms. The van der Waals surface area contributed by atoms with Crippen molar-refractivity contribution in [2.45, 2.75) is 77.8 Å². The highest BCUT2D eigenvalue weighted by Crippen LogP contribution is 2.37. The fraction of sp³-hybridized carbons (Fsp3) is 0.480. The Kier molecular flexibility index (Phi) is 5.70. The van der Waals surface area contributed by atoms with Gasteiger partial charge in [0, 0.05) is 6.21 Å². The number of benzene rings is 2. The van der Waals surface area contributed by atoms with Crippen molar-refractivity contribution in [3.63, 3.8) is 0 Å². The highest BCUT2D eigenvalue weighted by atomic mass is 16.7. The molecule has 0 atom stereocenters. The largest absolute Gasteiger partial charge is 0.494 e. The van der Waals surface area contributed by atoms with Gasteiger partial charge in [-0.05, 0) is 84.0 Å². The van der Waals surface area contributed by atoms with Gasteiger partial charge in [-0.25, -0.2) is 0 Å². The summed E-state index contributed by atoms with van der Waals surface area (Å²) in [6.45, 7) is 16.5. The van der Waals surface area contributed by atoms with Crippen LogP contribution in [-0.2, 0) is 18.6 Å². The molecule has 2 saturated heterocycles. The Bertz CT molecular complexity index is 919. The first kappa shape index (κ1) is 23.2. The molecule has 2 aromatic carbocycles. The van der Waals surface area contributed by atoms with Crippen LogP contribution in [0.15, 0.2) is 53.5 Å². The van der Waals surface area contributed by atoms with E-state index in [1.54, 1.807) is 0 Å². The number of aliphatic imine (C=N–C) groups is 1. The molecule has 0 aliphatic carbocycles. The summed E-state index contributed by atoms with van der Waals surface area (Å²) >= 11 is 0. The molecule has 4 rings (SSSR count). The second-order valence-electron chi connectivity index (χ2n) is 10.7. The number of hydrogen-bond donors (Lipinski definition) is 0. The van der Waals surface area contributed by atoms with Gasteiger partial charge in [-0.3, -0.25) is 4.99 Å². The molecule has 2 aliphatic heterocycles. The Morgan fingerprint density at radius 1 is 0.625 bits per heavy atom. The summed E-state index contributed by atoms with van der Waals surface area (Å²) in [5.41, 5.74) is 2.31. The first-order valence-corrected chi connectivity index (χ1v) is 11.2. The molecule has 2 aromatic rings. The predicted octanol–water partition coefficient (Wildman–Crippen LogP) is 4.04. The number of nitrogens with zero attached hydrogens (tertiary/aromatic N) is 1. The summed E-state index contributed by atoms with van der Waals surface area (Å²) in [7, 11) is -0.790. The minimum Gasteiger partial charge on any atom is -0.399 e. The van der Waals surface area contributed by atoms with Crippen LogP contribution in [0.4, 0.5) is 5.69 Å². The van der Waals surface area contributed by atoms with E-state index in [1.807, 2.05) is 48.7 Å². The Balaban J connectivity index is 1.50. The lowest BCUT2D eigenvalue weighted by atomic mass is 9.78. The molecule has 0 N–H and O–H groups in total. The van der Waals surface area contributed by atoms with Gasteiger partial charge in [0.05, 0.1) is 28.1 Å². The molecule has 0 radical (unpaired) electrons. The second-order valence-corrected chi connectivity index (χ2v) is 10.7. The van der Waals surface area contributed by atoms with Crippen LogP contribution in [0.5, 0.6) is 0 Å². The number of hydrogen-bond acceptors (Lipinski definition) is 5. The maximum Gasteiger partial charge on any atom is 0.494 e. The lowest BCUT2D eigenvalue weighted by molar-refractivity contribution is 0.00578. The molecule has 0 unspecified atom stereocenters. The third-order valence-corrected chi connectivity index (χ3v) is 7.19. The zero-order valence-electron chi connectivity index (χ0n) is 20.4. The van der Waals surface area contributed by atoms with E-state index in [2.05, 4.69) is 66.4 Å². The van der Waals surface area contributed by atoms with Crippen LogP contribution < -0.4 is 10.9 Å². The van der Waals surface area contributed by atoms with Gasteiger partial charge in [0.1, 0.15) is 0 Å². The first-order valence-electron chi connectivity index (χ1n) is 11.2. The maximum absolute atomic E-state index is 6.18. The van der Waals surface area contributed by atoms with Crippen LogP contribution in [0.25, 0.3) is 0 Å². The lowest BCUT2D eigenvalue weighted by Gasteiger charge is -2.32. The maximum atomic E-state index is 6.18. The highest BCUT2D eigenvalue weighted by Gasteiger charge is 2.52. The van der Waals surface area contributed by atoms with Gasteiger partial charge in [0.2, 0.25) is 0 Å². The van der Waals surface area contributed by atoms with E-state index < -0.39 is 7.12 Å². The molecular weight excluding hydrogens is 400 g/mol. The third kappa shape index (κ3) is 4.32. The van der Waals surface area contributed by atoms with Crippen LogP contribution >= 0.6 is 0 Å². The normalized spacial score (nSPS) is 23.2. The van der Waals surface area contributed by atoms with Gasteiger partial charge < -0.3 is 18.6 Å². The highest BCUT2D eigenvalue weighted by molar-refractivity contribution is 6.62. The molecule has 0 amide bonds. The minimum absolute atomic E-state index is 0.365. The van der Waals surface area contributed by atoms with Crippen molar-refractivity contribution in [1.29, 1.82) is 0 Å². The first-order chi connectivity index (χ1) is 14.8. The van der Waals surface area contributed by atoms with Crippen LogP contribution in [0.2, 0.25) is 0 Å². The third-order valence-electron chi connectivity index (χ3n) is 7.19. The molecule has 5 nitrogen and oxygen atoms in total. The lowest BCUT2D eigenvalue weighted by Crippen LogP contribution is -2.41. The smallest absolute Gasteiger partial charge is 0.399 e. The molecule has 0 bridgehead atoms. The summed E-state index contributed by atoms with van der Waals surface area (Å²) in [5, 5.41) is 0. The molecule has 0 saturated carbocycles. The fourth-order valence-electron chi connectivity index (χ4n) is 3.64. The standard InChI is InChI=1S/C25H33B2NO4/c1-22(2)23(3,4)30-26(29-22)19-12-9-11-18(15-19)17-28-21-14-10-13-20(16-21)27-31-24(5,6)25(7,8)32-27/h9-17H,1-8H3. The van der Waals surface area contributed by atoms with Crippen molar-refractivity contribution in [2.24, 2.45) is 4.99 Å². The fourth-order valence-corrected chi connectivity index (χ4v) is 3.64. The van der Waals surface area contributed by atoms with Crippen LogP contribution in [0.1, 0.15) is 61.0 Å². The summed E-state index contributed by atoms with van der Waals surface area (Å²) in [6.07, 6.45) is 1.86. The molecule has 32 heavy (non-hydrogen) atoms. The summed E-state index contributed by atoms with van der Waals surface area (Å²) in [6, 6.07) is 16.1.